The number of para-hydroxylation sites is 1. The number of benzene rings is 3. The molecule has 0 aliphatic rings. The molecule has 2 N–H and O–H groups in total. The van der Waals surface area contributed by atoms with E-state index in [-0.39, 0.29) is 11.7 Å². The fourth-order valence-electron chi connectivity index (χ4n) is 2.38. The molecule has 0 fully saturated rings. The smallest absolute Gasteiger partial charge is 0.271 e. The standard InChI is InChI=1S/C22H19N3O2/c1-16(24-25-22(27)18-7-3-2-4-8-18)17-11-13-20(14-12-17)23-15-19-9-5-6-10-21(19)26/h2-15,26H,1H3,(H,25,27). The topological polar surface area (TPSA) is 74.0 Å². The Morgan fingerprint density at radius 2 is 1.56 bits per heavy atom. The number of amides is 1. The number of aliphatic imine (C=N–C) groups is 1. The van der Waals surface area contributed by atoms with E-state index in [1.165, 1.54) is 0 Å². The van der Waals surface area contributed by atoms with Crippen LogP contribution in [-0.4, -0.2) is 22.9 Å². The molecule has 3 aromatic carbocycles. The zero-order valence-electron chi connectivity index (χ0n) is 14.8. The molecule has 5 nitrogen and oxygen atoms in total. The zero-order valence-corrected chi connectivity index (χ0v) is 14.8. The van der Waals surface area contributed by atoms with Crippen molar-refractivity contribution < 1.29 is 9.90 Å². The van der Waals surface area contributed by atoms with Crippen molar-refractivity contribution in [3.8, 4) is 5.75 Å². The van der Waals surface area contributed by atoms with Gasteiger partial charge in [0.25, 0.3) is 5.91 Å². The van der Waals surface area contributed by atoms with Crippen LogP contribution in [0.1, 0.15) is 28.4 Å². The van der Waals surface area contributed by atoms with Gasteiger partial charge in [0.1, 0.15) is 5.75 Å². The van der Waals surface area contributed by atoms with Crippen molar-refractivity contribution in [3.05, 3.63) is 95.6 Å². The number of rotatable bonds is 5. The van der Waals surface area contributed by atoms with Crippen LogP contribution in [0.3, 0.4) is 0 Å². The number of phenolic OH excluding ortho intramolecular Hbond substituents is 1. The highest BCUT2D eigenvalue weighted by Gasteiger charge is 2.04. The van der Waals surface area contributed by atoms with Crippen molar-refractivity contribution in [2.45, 2.75) is 6.92 Å². The SMILES string of the molecule is CC(=NNC(=O)c1ccccc1)c1ccc(N=Cc2ccccc2O)cc1. The van der Waals surface area contributed by atoms with Crippen LogP contribution in [0, 0.1) is 0 Å². The molecule has 0 saturated heterocycles. The molecule has 134 valence electrons. The molecular formula is C22H19N3O2. The predicted molar refractivity (Wildman–Crippen MR) is 108 cm³/mol. The van der Waals surface area contributed by atoms with Crippen molar-refractivity contribution in [2.24, 2.45) is 10.1 Å². The first-order chi connectivity index (χ1) is 13.1. The highest BCUT2D eigenvalue weighted by Crippen LogP contribution is 2.17. The number of carbonyl (C=O) groups is 1. The van der Waals surface area contributed by atoms with Crippen molar-refractivity contribution in [2.75, 3.05) is 0 Å². The minimum absolute atomic E-state index is 0.190. The molecule has 0 aromatic heterocycles. The van der Waals surface area contributed by atoms with E-state index >= 15 is 0 Å². The molecule has 0 heterocycles. The Balaban J connectivity index is 1.66. The van der Waals surface area contributed by atoms with Crippen LogP contribution < -0.4 is 5.43 Å². The monoisotopic (exact) mass is 357 g/mol. The van der Waals surface area contributed by atoms with E-state index in [0.29, 0.717) is 16.8 Å². The summed E-state index contributed by atoms with van der Waals surface area (Å²) in [4.78, 5) is 16.4. The van der Waals surface area contributed by atoms with Crippen molar-refractivity contribution in [1.29, 1.82) is 0 Å². The third kappa shape index (κ3) is 4.89. The molecule has 0 radical (unpaired) electrons. The number of nitrogens with one attached hydrogen (secondary N) is 1. The molecule has 3 rings (SSSR count). The number of carbonyl (C=O) groups excluding carboxylic acids is 1. The van der Waals surface area contributed by atoms with Gasteiger partial charge in [-0.3, -0.25) is 9.79 Å². The first kappa shape index (κ1) is 18.1. The van der Waals surface area contributed by atoms with Crippen molar-refractivity contribution >= 4 is 23.5 Å². The number of hydrogen-bond acceptors (Lipinski definition) is 4. The summed E-state index contributed by atoms with van der Waals surface area (Å²) in [6, 6.07) is 23.4. The summed E-state index contributed by atoms with van der Waals surface area (Å²) in [5.74, 6) is -0.0613. The summed E-state index contributed by atoms with van der Waals surface area (Å²) in [7, 11) is 0. The van der Waals surface area contributed by atoms with E-state index < -0.39 is 0 Å². The molecule has 0 bridgehead atoms. The van der Waals surface area contributed by atoms with E-state index in [4.69, 9.17) is 0 Å². The van der Waals surface area contributed by atoms with Gasteiger partial charge < -0.3 is 5.11 Å². The van der Waals surface area contributed by atoms with Gasteiger partial charge in [-0.2, -0.15) is 5.10 Å². The summed E-state index contributed by atoms with van der Waals surface area (Å²) in [6.45, 7) is 1.82. The lowest BCUT2D eigenvalue weighted by Crippen LogP contribution is -2.19. The van der Waals surface area contributed by atoms with Gasteiger partial charge in [-0.15, -0.1) is 0 Å². The lowest BCUT2D eigenvalue weighted by molar-refractivity contribution is 0.0955. The van der Waals surface area contributed by atoms with Gasteiger partial charge >= 0.3 is 0 Å². The average molecular weight is 357 g/mol. The number of nitrogens with zero attached hydrogens (tertiary/aromatic N) is 2. The average Bonchev–Trinajstić information content (AvgIpc) is 2.72. The maximum absolute atomic E-state index is 12.0. The number of phenols is 1. The van der Waals surface area contributed by atoms with E-state index in [1.807, 2.05) is 43.3 Å². The van der Waals surface area contributed by atoms with Gasteiger partial charge in [0.05, 0.1) is 11.4 Å². The molecule has 0 spiro atoms. The normalized spacial score (nSPS) is 11.5. The Morgan fingerprint density at radius 3 is 2.26 bits per heavy atom. The molecule has 0 atom stereocenters. The van der Waals surface area contributed by atoms with E-state index in [9.17, 15) is 9.90 Å². The molecule has 0 aliphatic heterocycles. The molecular weight excluding hydrogens is 338 g/mol. The third-order valence-corrected chi connectivity index (χ3v) is 3.94. The van der Waals surface area contributed by atoms with Gasteiger partial charge in [-0.1, -0.05) is 42.5 Å². The third-order valence-electron chi connectivity index (χ3n) is 3.94. The van der Waals surface area contributed by atoms with E-state index in [1.54, 1.807) is 48.7 Å². The quantitative estimate of drug-likeness (QED) is 0.528. The Labute approximate surface area is 157 Å². The summed E-state index contributed by atoms with van der Waals surface area (Å²) in [6.07, 6.45) is 1.62. The second kappa shape index (κ2) is 8.58. The first-order valence-corrected chi connectivity index (χ1v) is 8.45. The lowest BCUT2D eigenvalue weighted by Gasteiger charge is -2.04. The second-order valence-electron chi connectivity index (χ2n) is 5.87. The molecule has 5 heteroatoms. The van der Waals surface area contributed by atoms with Crippen LogP contribution in [0.5, 0.6) is 5.75 Å². The van der Waals surface area contributed by atoms with Crippen LogP contribution in [0.15, 0.2) is 89.0 Å². The van der Waals surface area contributed by atoms with Crippen molar-refractivity contribution in [1.82, 2.24) is 5.43 Å². The van der Waals surface area contributed by atoms with Crippen LogP contribution in [-0.2, 0) is 0 Å². The van der Waals surface area contributed by atoms with Crippen LogP contribution in [0.25, 0.3) is 0 Å². The maximum atomic E-state index is 12.0. The van der Waals surface area contributed by atoms with Gasteiger partial charge in [-0.05, 0) is 48.9 Å². The van der Waals surface area contributed by atoms with Crippen LogP contribution in [0.2, 0.25) is 0 Å². The molecule has 3 aromatic rings. The summed E-state index contributed by atoms with van der Waals surface area (Å²) < 4.78 is 0. The summed E-state index contributed by atoms with van der Waals surface area (Å²) >= 11 is 0. The van der Waals surface area contributed by atoms with Gasteiger partial charge in [0.2, 0.25) is 0 Å². The first-order valence-electron chi connectivity index (χ1n) is 8.45. The number of aromatic hydroxyl groups is 1. The Kier molecular flexibility index (Phi) is 5.74. The maximum Gasteiger partial charge on any atom is 0.271 e. The van der Waals surface area contributed by atoms with Gasteiger partial charge in [0.15, 0.2) is 0 Å². The molecule has 0 saturated carbocycles. The van der Waals surface area contributed by atoms with Gasteiger partial charge in [-0.25, -0.2) is 5.43 Å². The highest BCUT2D eigenvalue weighted by molar-refractivity contribution is 6.01. The minimum Gasteiger partial charge on any atom is -0.507 e. The Morgan fingerprint density at radius 1 is 0.889 bits per heavy atom. The summed E-state index contributed by atoms with van der Waals surface area (Å²) in [5, 5.41) is 13.9. The molecule has 0 unspecified atom stereocenters. The van der Waals surface area contributed by atoms with Gasteiger partial charge in [0, 0.05) is 17.3 Å². The summed E-state index contributed by atoms with van der Waals surface area (Å²) in [5.41, 5.74) is 6.09. The van der Waals surface area contributed by atoms with E-state index in [0.717, 1.165) is 11.3 Å². The highest BCUT2D eigenvalue weighted by atomic mass is 16.3. The van der Waals surface area contributed by atoms with E-state index in [2.05, 4.69) is 15.5 Å². The molecule has 1 amide bonds. The minimum atomic E-state index is -0.251. The predicted octanol–water partition coefficient (Wildman–Crippen LogP) is 4.30. The number of hydrogen-bond donors (Lipinski definition) is 2. The van der Waals surface area contributed by atoms with Crippen LogP contribution in [0.4, 0.5) is 5.69 Å². The molecule has 0 aliphatic carbocycles. The largest absolute Gasteiger partial charge is 0.507 e. The number of hydrazone groups is 1. The Hall–Kier alpha value is -3.73. The lowest BCUT2D eigenvalue weighted by atomic mass is 10.1. The fourth-order valence-corrected chi connectivity index (χ4v) is 2.38. The van der Waals surface area contributed by atoms with Crippen molar-refractivity contribution in [3.63, 3.8) is 0 Å². The Bertz CT molecular complexity index is 978. The fraction of sp³-hybridized carbons (Fsp3) is 0.0455. The second-order valence-corrected chi connectivity index (χ2v) is 5.87. The zero-order chi connectivity index (χ0) is 19.1. The molecule has 27 heavy (non-hydrogen) atoms. The van der Waals surface area contributed by atoms with Crippen LogP contribution >= 0.6 is 0 Å².